The minimum Gasteiger partial charge on any atom is -0.488 e. The third-order valence-corrected chi connectivity index (χ3v) is 6.18. The van der Waals surface area contributed by atoms with Gasteiger partial charge in [0.2, 0.25) is 0 Å². The van der Waals surface area contributed by atoms with Crippen molar-refractivity contribution >= 4 is 39.0 Å². The zero-order valence-electron chi connectivity index (χ0n) is 17.9. The number of nitriles is 2. The molecule has 33 heavy (non-hydrogen) atoms. The molecule has 162 valence electrons. The first-order valence-electron chi connectivity index (χ1n) is 10.0. The van der Waals surface area contributed by atoms with E-state index in [1.165, 1.54) is 12.1 Å². The molecule has 0 amide bonds. The Bertz CT molecular complexity index is 1430. The molecule has 2 aromatic carbocycles. The summed E-state index contributed by atoms with van der Waals surface area (Å²) in [6.07, 6.45) is 1.96. The van der Waals surface area contributed by atoms with E-state index in [4.69, 9.17) is 10.5 Å². The van der Waals surface area contributed by atoms with E-state index in [0.29, 0.717) is 34.8 Å². The molecule has 3 aromatic rings. The van der Waals surface area contributed by atoms with Crippen molar-refractivity contribution in [3.8, 4) is 17.9 Å². The number of pyridine rings is 1. The number of anilines is 1. The van der Waals surface area contributed by atoms with Crippen LogP contribution < -0.4 is 10.5 Å². The van der Waals surface area contributed by atoms with E-state index in [2.05, 4.69) is 33.1 Å². The van der Waals surface area contributed by atoms with Gasteiger partial charge in [0.15, 0.2) is 0 Å². The van der Waals surface area contributed by atoms with Crippen molar-refractivity contribution in [1.29, 1.82) is 10.5 Å². The number of benzene rings is 2. The van der Waals surface area contributed by atoms with E-state index in [0.717, 1.165) is 32.3 Å². The Balaban J connectivity index is 1.69. The quantitative estimate of drug-likeness (QED) is 0.461. The molecule has 0 fully saturated rings. The van der Waals surface area contributed by atoms with Crippen molar-refractivity contribution in [1.82, 2.24) is 4.98 Å². The van der Waals surface area contributed by atoms with Crippen LogP contribution in [-0.4, -0.2) is 4.98 Å². The van der Waals surface area contributed by atoms with Gasteiger partial charge in [0.25, 0.3) is 0 Å². The normalized spacial score (nSPS) is 13.6. The van der Waals surface area contributed by atoms with Gasteiger partial charge in [-0.3, -0.25) is 0 Å². The van der Waals surface area contributed by atoms with Crippen LogP contribution >= 0.6 is 15.9 Å². The average Bonchev–Trinajstić information content (AvgIpc) is 3.05. The molecule has 0 bridgehead atoms. The maximum atomic E-state index is 13.1. The number of rotatable bonds is 4. The van der Waals surface area contributed by atoms with Crippen molar-refractivity contribution in [3.05, 3.63) is 91.8 Å². The smallest absolute Gasteiger partial charge is 0.142 e. The molecule has 0 spiro atoms. The Kier molecular flexibility index (Phi) is 6.00. The molecule has 1 heterocycles. The Hall–Kier alpha value is -3.94. The standard InChI is InChI=1S/C26H18BrFN4O/c1-14-19(24-15(2)21(12-30)26(31)32-25(24)20(14)11-29)9-17-5-8-23(22(27)10-17)33-13-16-3-6-18(28)7-4-16/h3-10H,13H2,1-2H3,(H2,31,32). The molecule has 0 saturated carbocycles. The van der Waals surface area contributed by atoms with E-state index in [1.54, 1.807) is 12.1 Å². The Morgan fingerprint density at radius 3 is 2.48 bits per heavy atom. The van der Waals surface area contributed by atoms with Gasteiger partial charge in [-0.25, -0.2) is 9.37 Å². The van der Waals surface area contributed by atoms with Gasteiger partial charge in [0.05, 0.1) is 21.3 Å². The SMILES string of the molecule is CC1=C(C#N)c2nc(N)c(C#N)c(C)c2C1=Cc1ccc(OCc2ccc(F)cc2)c(Br)c1. The number of nitrogen functional groups attached to an aromatic ring is 1. The van der Waals surface area contributed by atoms with Crippen LogP contribution in [0.5, 0.6) is 5.75 Å². The zero-order valence-corrected chi connectivity index (χ0v) is 19.5. The largest absolute Gasteiger partial charge is 0.488 e. The molecule has 7 heteroatoms. The third-order valence-electron chi connectivity index (χ3n) is 5.56. The highest BCUT2D eigenvalue weighted by atomic mass is 79.9. The molecule has 2 N–H and O–H groups in total. The Labute approximate surface area is 199 Å². The Morgan fingerprint density at radius 2 is 1.85 bits per heavy atom. The van der Waals surface area contributed by atoms with Crippen LogP contribution in [0.2, 0.25) is 0 Å². The monoisotopic (exact) mass is 500 g/mol. The number of fused-ring (bicyclic) bond motifs is 1. The Morgan fingerprint density at radius 1 is 1.12 bits per heavy atom. The van der Waals surface area contributed by atoms with Gasteiger partial charge in [-0.15, -0.1) is 0 Å². The number of allylic oxidation sites excluding steroid dienone is 3. The van der Waals surface area contributed by atoms with Crippen LogP contribution in [-0.2, 0) is 6.61 Å². The number of nitrogens with zero attached hydrogens (tertiary/aromatic N) is 3. The van der Waals surface area contributed by atoms with Crippen molar-refractivity contribution < 1.29 is 9.13 Å². The molecular formula is C26H18BrFN4O. The van der Waals surface area contributed by atoms with Gasteiger partial charge in [0, 0.05) is 5.56 Å². The van der Waals surface area contributed by atoms with Gasteiger partial charge in [-0.2, -0.15) is 10.5 Å². The summed E-state index contributed by atoms with van der Waals surface area (Å²) in [7, 11) is 0. The lowest BCUT2D eigenvalue weighted by atomic mass is 9.95. The molecule has 1 aliphatic carbocycles. The fourth-order valence-electron chi connectivity index (χ4n) is 3.83. The third kappa shape index (κ3) is 4.11. The number of hydrogen-bond acceptors (Lipinski definition) is 5. The van der Waals surface area contributed by atoms with Gasteiger partial charge in [-0.05, 0) is 88.0 Å². The molecule has 0 radical (unpaired) electrons. The van der Waals surface area contributed by atoms with E-state index in [1.807, 2.05) is 38.1 Å². The summed E-state index contributed by atoms with van der Waals surface area (Å²) < 4.78 is 19.7. The van der Waals surface area contributed by atoms with Crippen molar-refractivity contribution in [3.63, 3.8) is 0 Å². The highest BCUT2D eigenvalue weighted by molar-refractivity contribution is 9.10. The highest BCUT2D eigenvalue weighted by Crippen LogP contribution is 2.44. The van der Waals surface area contributed by atoms with Crippen LogP contribution in [0.4, 0.5) is 10.2 Å². The van der Waals surface area contributed by atoms with Crippen LogP contribution in [0, 0.1) is 35.4 Å². The van der Waals surface area contributed by atoms with Crippen LogP contribution in [0.1, 0.15) is 40.4 Å². The predicted molar refractivity (Wildman–Crippen MR) is 129 cm³/mol. The minimum atomic E-state index is -0.287. The molecule has 0 aliphatic heterocycles. The second-order valence-electron chi connectivity index (χ2n) is 7.61. The number of nitrogens with two attached hydrogens (primary N) is 1. The van der Waals surface area contributed by atoms with Crippen LogP contribution in [0.3, 0.4) is 0 Å². The summed E-state index contributed by atoms with van der Waals surface area (Å²) in [6.45, 7) is 3.99. The summed E-state index contributed by atoms with van der Waals surface area (Å²) >= 11 is 3.55. The summed E-state index contributed by atoms with van der Waals surface area (Å²) in [4.78, 5) is 4.35. The van der Waals surface area contributed by atoms with Crippen molar-refractivity contribution in [2.24, 2.45) is 0 Å². The van der Waals surface area contributed by atoms with Crippen molar-refractivity contribution in [2.75, 3.05) is 5.73 Å². The first-order chi connectivity index (χ1) is 15.8. The summed E-state index contributed by atoms with van der Waals surface area (Å²) in [6, 6.07) is 16.1. The van der Waals surface area contributed by atoms with E-state index in [9.17, 15) is 14.9 Å². The maximum absolute atomic E-state index is 13.1. The van der Waals surface area contributed by atoms with Gasteiger partial charge < -0.3 is 10.5 Å². The van der Waals surface area contributed by atoms with Crippen LogP contribution in [0.25, 0.3) is 17.2 Å². The summed E-state index contributed by atoms with van der Waals surface area (Å²) in [5.41, 5.74) is 12.0. The molecule has 0 saturated heterocycles. The maximum Gasteiger partial charge on any atom is 0.142 e. The molecular weight excluding hydrogens is 483 g/mol. The number of hydrogen-bond donors (Lipinski definition) is 1. The van der Waals surface area contributed by atoms with Gasteiger partial charge in [-0.1, -0.05) is 18.2 Å². The van der Waals surface area contributed by atoms with Gasteiger partial charge >= 0.3 is 0 Å². The van der Waals surface area contributed by atoms with E-state index in [-0.39, 0.29) is 11.6 Å². The highest BCUT2D eigenvalue weighted by Gasteiger charge is 2.29. The van der Waals surface area contributed by atoms with Crippen LogP contribution in [0.15, 0.2) is 52.5 Å². The number of ether oxygens (including phenoxy) is 1. The molecule has 4 rings (SSSR count). The lowest BCUT2D eigenvalue weighted by Crippen LogP contribution is -2.03. The van der Waals surface area contributed by atoms with E-state index < -0.39 is 0 Å². The lowest BCUT2D eigenvalue weighted by molar-refractivity contribution is 0.304. The molecule has 1 aliphatic rings. The molecule has 0 unspecified atom stereocenters. The van der Waals surface area contributed by atoms with Gasteiger partial charge in [0.1, 0.15) is 36.1 Å². The minimum absolute atomic E-state index is 0.126. The molecule has 5 nitrogen and oxygen atoms in total. The first-order valence-corrected chi connectivity index (χ1v) is 10.8. The number of halogens is 2. The first kappa shape index (κ1) is 22.3. The summed E-state index contributed by atoms with van der Waals surface area (Å²) in [5.74, 6) is 0.487. The molecule has 1 aromatic heterocycles. The van der Waals surface area contributed by atoms with Crippen molar-refractivity contribution in [2.45, 2.75) is 20.5 Å². The molecule has 0 atom stereocenters. The average molecular weight is 501 g/mol. The fourth-order valence-corrected chi connectivity index (χ4v) is 4.34. The second kappa shape index (κ2) is 8.90. The summed E-state index contributed by atoms with van der Waals surface area (Å²) in [5, 5.41) is 19.2. The van der Waals surface area contributed by atoms with E-state index >= 15 is 0 Å². The zero-order chi connectivity index (χ0) is 23.7. The number of aromatic nitrogens is 1. The second-order valence-corrected chi connectivity index (χ2v) is 8.46. The topological polar surface area (TPSA) is 95.7 Å². The lowest BCUT2D eigenvalue weighted by Gasteiger charge is -2.12. The fraction of sp³-hybridized carbons (Fsp3) is 0.115. The predicted octanol–water partition coefficient (Wildman–Crippen LogP) is 6.18.